The fourth-order valence-corrected chi connectivity index (χ4v) is 2.29. The molecule has 1 amide bonds. The first-order chi connectivity index (χ1) is 11.5. The van der Waals surface area contributed by atoms with Crippen molar-refractivity contribution in [3.05, 3.63) is 52.3 Å². The largest absolute Gasteiger partial charge is 0.490 e. The Morgan fingerprint density at radius 3 is 2.71 bits per heavy atom. The van der Waals surface area contributed by atoms with Crippen molar-refractivity contribution in [3.8, 4) is 0 Å². The van der Waals surface area contributed by atoms with Crippen LogP contribution in [0, 0.1) is 10.1 Å². The van der Waals surface area contributed by atoms with Crippen LogP contribution in [0.25, 0.3) is 0 Å². The molecule has 1 N–H and O–H groups in total. The third-order valence-corrected chi connectivity index (χ3v) is 3.58. The molecule has 0 bridgehead atoms. The van der Waals surface area contributed by atoms with Crippen molar-refractivity contribution >= 4 is 11.9 Å². The van der Waals surface area contributed by atoms with E-state index in [4.69, 9.17) is 5.11 Å². The molecule has 128 valence electrons. The number of nitrogens with zero attached hydrogens (tertiary/aromatic N) is 5. The number of rotatable bonds is 8. The minimum absolute atomic E-state index is 0.0332. The van der Waals surface area contributed by atoms with Gasteiger partial charge in [-0.15, -0.1) is 0 Å². The van der Waals surface area contributed by atoms with E-state index < -0.39 is 10.9 Å². The maximum atomic E-state index is 12.6. The fraction of sp³-hybridized carbons (Fsp3) is 0.400. The Bertz CT molecular complexity index is 688. The zero-order chi connectivity index (χ0) is 17.5. The highest BCUT2D eigenvalue weighted by molar-refractivity contribution is 5.76. The lowest BCUT2D eigenvalue weighted by Crippen LogP contribution is -2.40. The van der Waals surface area contributed by atoms with Gasteiger partial charge in [0.25, 0.3) is 0 Å². The molecule has 1 atom stereocenters. The number of benzene rings is 1. The molecular formula is C15H19N5O4. The summed E-state index contributed by atoms with van der Waals surface area (Å²) in [7, 11) is 0. The van der Waals surface area contributed by atoms with Crippen LogP contribution in [0.2, 0.25) is 0 Å². The van der Waals surface area contributed by atoms with Gasteiger partial charge in [-0.2, -0.15) is 4.68 Å². The van der Waals surface area contributed by atoms with Crippen molar-refractivity contribution in [3.63, 3.8) is 0 Å². The second kappa shape index (κ2) is 8.16. The first-order valence-electron chi connectivity index (χ1n) is 7.49. The van der Waals surface area contributed by atoms with Crippen LogP contribution in [0.3, 0.4) is 0 Å². The van der Waals surface area contributed by atoms with Crippen molar-refractivity contribution < 1.29 is 14.8 Å². The molecule has 1 aromatic heterocycles. The highest BCUT2D eigenvalue weighted by Crippen LogP contribution is 2.12. The lowest BCUT2D eigenvalue weighted by atomic mass is 10.1. The molecule has 2 aromatic rings. The summed E-state index contributed by atoms with van der Waals surface area (Å²) in [5.41, 5.74) is 0.959. The van der Waals surface area contributed by atoms with Gasteiger partial charge in [0, 0.05) is 24.3 Å². The summed E-state index contributed by atoms with van der Waals surface area (Å²) in [6, 6.07) is 9.30. The lowest BCUT2D eigenvalue weighted by Gasteiger charge is -2.29. The van der Waals surface area contributed by atoms with Crippen molar-refractivity contribution in [2.45, 2.75) is 32.5 Å². The number of hydrogen-bond donors (Lipinski definition) is 1. The summed E-state index contributed by atoms with van der Waals surface area (Å²) >= 11 is 0. The van der Waals surface area contributed by atoms with Crippen molar-refractivity contribution in [1.82, 2.24) is 19.7 Å². The summed E-state index contributed by atoms with van der Waals surface area (Å²) in [6.45, 7) is 2.05. The number of carbonyl (C=O) groups is 1. The van der Waals surface area contributed by atoms with Crippen molar-refractivity contribution in [2.24, 2.45) is 0 Å². The molecule has 0 aliphatic heterocycles. The summed E-state index contributed by atoms with van der Waals surface area (Å²) in [6.07, 6.45) is 1.60. The Morgan fingerprint density at radius 2 is 2.12 bits per heavy atom. The van der Waals surface area contributed by atoms with Gasteiger partial charge in [0.15, 0.2) is 0 Å². The normalized spacial score (nSPS) is 11.9. The van der Waals surface area contributed by atoms with Crippen LogP contribution >= 0.6 is 0 Å². The smallest absolute Gasteiger partial charge is 0.396 e. The number of aromatic nitrogens is 3. The number of nitro groups is 1. The molecule has 0 unspecified atom stereocenters. The minimum Gasteiger partial charge on any atom is -0.396 e. The van der Waals surface area contributed by atoms with E-state index in [2.05, 4.69) is 10.1 Å². The maximum absolute atomic E-state index is 12.6. The molecule has 1 heterocycles. The molecule has 9 heteroatoms. The van der Waals surface area contributed by atoms with Crippen LogP contribution < -0.4 is 0 Å². The van der Waals surface area contributed by atoms with Gasteiger partial charge in [-0.05, 0) is 23.8 Å². The first-order valence-corrected chi connectivity index (χ1v) is 7.49. The Kier molecular flexibility index (Phi) is 5.96. The highest BCUT2D eigenvalue weighted by Gasteiger charge is 2.23. The predicted octanol–water partition coefficient (Wildman–Crippen LogP) is 0.986. The number of amides is 1. The van der Waals surface area contributed by atoms with E-state index in [1.165, 1.54) is 0 Å². The average molecular weight is 333 g/mol. The van der Waals surface area contributed by atoms with Crippen molar-refractivity contribution in [2.75, 3.05) is 6.61 Å². The van der Waals surface area contributed by atoms with Gasteiger partial charge in [-0.3, -0.25) is 4.79 Å². The third-order valence-electron chi connectivity index (χ3n) is 3.58. The predicted molar refractivity (Wildman–Crippen MR) is 84.8 cm³/mol. The average Bonchev–Trinajstić information content (AvgIpc) is 3.02. The van der Waals surface area contributed by atoms with Gasteiger partial charge >= 0.3 is 5.95 Å². The second-order valence-electron chi connectivity index (χ2n) is 5.37. The molecule has 0 fully saturated rings. The van der Waals surface area contributed by atoms with E-state index >= 15 is 0 Å². The van der Waals surface area contributed by atoms with Crippen LogP contribution in [-0.4, -0.2) is 48.3 Å². The zero-order valence-corrected chi connectivity index (χ0v) is 13.3. The first kappa shape index (κ1) is 17.5. The van der Waals surface area contributed by atoms with Crippen LogP contribution in [0.4, 0.5) is 5.95 Å². The molecule has 0 radical (unpaired) electrons. The summed E-state index contributed by atoms with van der Waals surface area (Å²) in [5.74, 6) is -0.791. The molecule has 1 aromatic carbocycles. The van der Waals surface area contributed by atoms with E-state index in [0.29, 0.717) is 13.0 Å². The summed E-state index contributed by atoms with van der Waals surface area (Å²) < 4.78 is 1.14. The summed E-state index contributed by atoms with van der Waals surface area (Å²) in [4.78, 5) is 27.7. The topological polar surface area (TPSA) is 114 Å². The minimum atomic E-state index is -0.711. The Balaban J connectivity index is 2.12. The van der Waals surface area contributed by atoms with Gasteiger partial charge in [-0.25, -0.2) is 0 Å². The van der Waals surface area contributed by atoms with Crippen molar-refractivity contribution in [1.29, 1.82) is 0 Å². The molecule has 9 nitrogen and oxygen atoms in total. The summed E-state index contributed by atoms with van der Waals surface area (Å²) in [5, 5.41) is 23.4. The fourth-order valence-electron chi connectivity index (χ4n) is 2.29. The highest BCUT2D eigenvalue weighted by atomic mass is 16.6. The van der Waals surface area contributed by atoms with E-state index in [9.17, 15) is 14.9 Å². The van der Waals surface area contributed by atoms with Gasteiger partial charge in [0.2, 0.25) is 12.2 Å². The van der Waals surface area contributed by atoms with Gasteiger partial charge in [0.1, 0.15) is 6.54 Å². The molecule has 0 saturated carbocycles. The van der Waals surface area contributed by atoms with Gasteiger partial charge < -0.3 is 20.1 Å². The van der Waals surface area contributed by atoms with Crippen LogP contribution in [0.15, 0.2) is 36.7 Å². The lowest BCUT2D eigenvalue weighted by molar-refractivity contribution is -0.394. The molecule has 0 aliphatic rings. The number of hydrogen-bond acceptors (Lipinski definition) is 6. The van der Waals surface area contributed by atoms with Crippen LogP contribution in [0.1, 0.15) is 18.9 Å². The Hall–Kier alpha value is -2.81. The second-order valence-corrected chi connectivity index (χ2v) is 5.37. The quantitative estimate of drug-likeness (QED) is 0.569. The van der Waals surface area contributed by atoms with E-state index in [0.717, 1.165) is 16.6 Å². The third kappa shape index (κ3) is 4.59. The van der Waals surface area contributed by atoms with Crippen LogP contribution in [0.5, 0.6) is 0 Å². The maximum Gasteiger partial charge on any atom is 0.490 e. The molecule has 0 spiro atoms. The number of carbonyl (C=O) groups excluding carboxylic acids is 1. The molecule has 24 heavy (non-hydrogen) atoms. The van der Waals surface area contributed by atoms with E-state index in [-0.39, 0.29) is 25.1 Å². The Labute approximate surface area is 138 Å². The molecule has 0 aliphatic carbocycles. The zero-order valence-electron chi connectivity index (χ0n) is 13.3. The van der Waals surface area contributed by atoms with Gasteiger partial charge in [-0.1, -0.05) is 35.3 Å². The van der Waals surface area contributed by atoms with E-state index in [1.54, 1.807) is 4.90 Å². The van der Waals surface area contributed by atoms with Crippen LogP contribution in [-0.2, 0) is 17.9 Å². The molecule has 2 rings (SSSR count). The standard InChI is InChI=1S/C15H19N5O4/c1-12(7-8-21)19(9-13-5-3-2-4-6-13)14(22)10-18-11-16-15(17-18)20(23)24/h2-6,11-12,21H,7-10H2,1H3/t12-/m1/s1. The Morgan fingerprint density at radius 1 is 1.42 bits per heavy atom. The molecule has 0 saturated heterocycles. The number of aliphatic hydroxyl groups is 1. The monoisotopic (exact) mass is 333 g/mol. The SMILES string of the molecule is C[C@H](CCO)N(Cc1ccccc1)C(=O)Cn1cnc([N+](=O)[O-])n1. The molecular weight excluding hydrogens is 314 g/mol. The van der Waals surface area contributed by atoms with E-state index in [1.807, 2.05) is 37.3 Å². The van der Waals surface area contributed by atoms with Gasteiger partial charge in [0.05, 0.1) is 0 Å². The number of aliphatic hydroxyl groups excluding tert-OH is 1.